The van der Waals surface area contributed by atoms with Gasteiger partial charge < -0.3 is 0 Å². The second kappa shape index (κ2) is 5.43. The summed E-state index contributed by atoms with van der Waals surface area (Å²) in [5, 5.41) is 3.73. The van der Waals surface area contributed by atoms with E-state index < -0.39 is 0 Å². The van der Waals surface area contributed by atoms with Crippen molar-refractivity contribution in [2.45, 2.75) is 20.8 Å². The molecule has 0 unspecified atom stereocenters. The second-order valence-electron chi connectivity index (χ2n) is 7.12. The summed E-state index contributed by atoms with van der Waals surface area (Å²) < 4.78 is 2.22. The summed E-state index contributed by atoms with van der Waals surface area (Å²) in [6, 6.07) is 21.9. The van der Waals surface area contributed by atoms with E-state index in [-0.39, 0.29) is 0 Å². The summed E-state index contributed by atoms with van der Waals surface area (Å²) in [5.74, 6) is 0. The maximum Gasteiger partial charge on any atom is 0.145 e. The summed E-state index contributed by atoms with van der Waals surface area (Å²) >= 11 is 0. The van der Waals surface area contributed by atoms with Crippen LogP contribution in [0.25, 0.3) is 38.4 Å². The van der Waals surface area contributed by atoms with Gasteiger partial charge in [0.05, 0.1) is 11.2 Å². The van der Waals surface area contributed by atoms with E-state index in [9.17, 15) is 0 Å². The molecular weight excluding hydrogens is 316 g/mol. The second-order valence-corrected chi connectivity index (χ2v) is 7.12. The van der Waals surface area contributed by atoms with E-state index in [1.807, 2.05) is 0 Å². The minimum absolute atomic E-state index is 1.03. The highest BCUT2D eigenvalue weighted by Gasteiger charge is 2.12. The SMILES string of the molecule is Cc1cn2c3ccc(-c4c(C)cccc4C)cc3c3ccccc3c2n1. The van der Waals surface area contributed by atoms with Gasteiger partial charge in [-0.1, -0.05) is 48.5 Å². The minimum Gasteiger partial charge on any atom is -0.299 e. The third-order valence-electron chi connectivity index (χ3n) is 5.31. The Bertz CT molecular complexity index is 1290. The van der Waals surface area contributed by atoms with E-state index in [0.29, 0.717) is 0 Å². The molecule has 2 nitrogen and oxygen atoms in total. The molecule has 5 rings (SSSR count). The molecule has 3 aromatic carbocycles. The lowest BCUT2D eigenvalue weighted by Gasteiger charge is -2.13. The Morgan fingerprint density at radius 3 is 2.23 bits per heavy atom. The lowest BCUT2D eigenvalue weighted by atomic mass is 9.94. The van der Waals surface area contributed by atoms with Crippen molar-refractivity contribution in [1.82, 2.24) is 9.38 Å². The first-order chi connectivity index (χ1) is 12.6. The molecule has 0 N–H and O–H groups in total. The van der Waals surface area contributed by atoms with Crippen LogP contribution in [-0.4, -0.2) is 9.38 Å². The summed E-state index contributed by atoms with van der Waals surface area (Å²) in [5.41, 5.74) is 8.51. The largest absolute Gasteiger partial charge is 0.299 e. The molecule has 26 heavy (non-hydrogen) atoms. The van der Waals surface area contributed by atoms with Gasteiger partial charge in [0, 0.05) is 17.0 Å². The van der Waals surface area contributed by atoms with Crippen molar-refractivity contribution < 1.29 is 0 Å². The van der Waals surface area contributed by atoms with Crippen molar-refractivity contribution in [3.63, 3.8) is 0 Å². The van der Waals surface area contributed by atoms with E-state index in [1.165, 1.54) is 43.9 Å². The zero-order valence-corrected chi connectivity index (χ0v) is 15.2. The molecular formula is C24H20N2. The molecule has 0 spiro atoms. The molecule has 0 atom stereocenters. The summed E-state index contributed by atoms with van der Waals surface area (Å²) in [7, 11) is 0. The first kappa shape index (κ1) is 15.2. The maximum absolute atomic E-state index is 4.76. The molecule has 5 aromatic rings. The van der Waals surface area contributed by atoms with E-state index in [2.05, 4.69) is 92.0 Å². The van der Waals surface area contributed by atoms with Crippen LogP contribution >= 0.6 is 0 Å². The van der Waals surface area contributed by atoms with Gasteiger partial charge in [-0.25, -0.2) is 4.98 Å². The summed E-state index contributed by atoms with van der Waals surface area (Å²) in [4.78, 5) is 4.76. The van der Waals surface area contributed by atoms with Gasteiger partial charge in [0.1, 0.15) is 5.65 Å². The number of pyridine rings is 1. The molecule has 2 heteroatoms. The fourth-order valence-corrected chi connectivity index (χ4v) is 4.17. The van der Waals surface area contributed by atoms with Crippen molar-refractivity contribution in [1.29, 1.82) is 0 Å². The molecule has 2 aromatic heterocycles. The molecule has 2 heterocycles. The van der Waals surface area contributed by atoms with Crippen molar-refractivity contribution in [2.75, 3.05) is 0 Å². The number of hydrogen-bond donors (Lipinski definition) is 0. The Balaban J connectivity index is 1.95. The average molecular weight is 336 g/mol. The Kier molecular flexibility index (Phi) is 3.17. The quantitative estimate of drug-likeness (QED) is 0.332. The van der Waals surface area contributed by atoms with Crippen LogP contribution in [0, 0.1) is 20.8 Å². The lowest BCUT2D eigenvalue weighted by molar-refractivity contribution is 1.27. The summed E-state index contributed by atoms with van der Waals surface area (Å²) in [6.45, 7) is 6.43. The third kappa shape index (κ3) is 2.08. The molecule has 0 aliphatic rings. The number of rotatable bonds is 1. The number of imidazole rings is 1. The molecule has 0 aliphatic carbocycles. The first-order valence-electron chi connectivity index (χ1n) is 9.00. The van der Waals surface area contributed by atoms with Crippen LogP contribution in [0.5, 0.6) is 0 Å². The van der Waals surface area contributed by atoms with E-state index in [0.717, 1.165) is 11.3 Å². The van der Waals surface area contributed by atoms with Gasteiger partial charge in [0.2, 0.25) is 0 Å². The molecule has 0 amide bonds. The normalized spacial score (nSPS) is 11.7. The molecule has 0 saturated carbocycles. The highest BCUT2D eigenvalue weighted by Crippen LogP contribution is 2.34. The van der Waals surface area contributed by atoms with Crippen LogP contribution in [0.4, 0.5) is 0 Å². The van der Waals surface area contributed by atoms with Crippen LogP contribution < -0.4 is 0 Å². The van der Waals surface area contributed by atoms with E-state index >= 15 is 0 Å². The minimum atomic E-state index is 1.03. The van der Waals surface area contributed by atoms with Crippen molar-refractivity contribution in [2.24, 2.45) is 0 Å². The zero-order valence-electron chi connectivity index (χ0n) is 15.2. The Hall–Kier alpha value is -3.13. The first-order valence-corrected chi connectivity index (χ1v) is 9.00. The standard InChI is InChI=1S/C24H20N2/c1-15-7-6-8-16(2)23(15)18-11-12-22-21(13-18)19-9-4-5-10-20(19)24-25-17(3)14-26(22)24/h4-14H,1-3H3. The van der Waals surface area contributed by atoms with Crippen LogP contribution in [-0.2, 0) is 0 Å². The monoisotopic (exact) mass is 336 g/mol. The highest BCUT2D eigenvalue weighted by atomic mass is 15.0. The Morgan fingerprint density at radius 1 is 0.731 bits per heavy atom. The van der Waals surface area contributed by atoms with Gasteiger partial charge in [-0.2, -0.15) is 0 Å². The number of aromatic nitrogens is 2. The topological polar surface area (TPSA) is 17.3 Å². The molecule has 0 radical (unpaired) electrons. The van der Waals surface area contributed by atoms with Gasteiger partial charge in [-0.3, -0.25) is 4.40 Å². The number of benzene rings is 3. The van der Waals surface area contributed by atoms with Crippen LogP contribution in [0.15, 0.2) is 66.9 Å². The Labute approximate surface area is 152 Å². The molecule has 0 fully saturated rings. The van der Waals surface area contributed by atoms with Crippen LogP contribution in [0.1, 0.15) is 16.8 Å². The predicted molar refractivity (Wildman–Crippen MR) is 110 cm³/mol. The zero-order chi connectivity index (χ0) is 17.8. The molecule has 126 valence electrons. The molecule has 0 bridgehead atoms. The lowest BCUT2D eigenvalue weighted by Crippen LogP contribution is -1.92. The van der Waals surface area contributed by atoms with Gasteiger partial charge in [-0.15, -0.1) is 0 Å². The van der Waals surface area contributed by atoms with Gasteiger partial charge in [0.15, 0.2) is 0 Å². The fraction of sp³-hybridized carbons (Fsp3) is 0.125. The van der Waals surface area contributed by atoms with Gasteiger partial charge in [0.25, 0.3) is 0 Å². The highest BCUT2D eigenvalue weighted by molar-refractivity contribution is 6.12. The van der Waals surface area contributed by atoms with Crippen LogP contribution in [0.2, 0.25) is 0 Å². The van der Waals surface area contributed by atoms with Crippen molar-refractivity contribution in [3.05, 3.63) is 83.7 Å². The predicted octanol–water partition coefficient (Wildman–Crippen LogP) is 6.23. The smallest absolute Gasteiger partial charge is 0.145 e. The maximum atomic E-state index is 4.76. The number of aryl methyl sites for hydroxylation is 3. The van der Waals surface area contributed by atoms with Crippen molar-refractivity contribution >= 4 is 27.3 Å². The number of hydrogen-bond acceptors (Lipinski definition) is 1. The van der Waals surface area contributed by atoms with E-state index in [4.69, 9.17) is 4.98 Å². The van der Waals surface area contributed by atoms with Crippen molar-refractivity contribution in [3.8, 4) is 11.1 Å². The van der Waals surface area contributed by atoms with Crippen LogP contribution in [0.3, 0.4) is 0 Å². The van der Waals surface area contributed by atoms with Gasteiger partial charge in [-0.05, 0) is 60.5 Å². The molecule has 0 aliphatic heterocycles. The molecule has 0 saturated heterocycles. The average Bonchev–Trinajstić information content (AvgIpc) is 3.03. The number of fused-ring (bicyclic) bond motifs is 6. The number of nitrogens with zero attached hydrogens (tertiary/aromatic N) is 2. The summed E-state index contributed by atoms with van der Waals surface area (Å²) in [6.07, 6.45) is 2.13. The van der Waals surface area contributed by atoms with E-state index in [1.54, 1.807) is 0 Å². The third-order valence-corrected chi connectivity index (χ3v) is 5.31. The van der Waals surface area contributed by atoms with Gasteiger partial charge >= 0.3 is 0 Å². The Morgan fingerprint density at radius 2 is 1.46 bits per heavy atom. The fourth-order valence-electron chi connectivity index (χ4n) is 4.17.